The van der Waals surface area contributed by atoms with Gasteiger partial charge in [0.05, 0.1) is 59.2 Å². The summed E-state index contributed by atoms with van der Waals surface area (Å²) in [4.78, 5) is 45.4. The summed E-state index contributed by atoms with van der Waals surface area (Å²) in [6, 6.07) is 20.5. The second kappa shape index (κ2) is 25.6. The number of aromatic amines is 2. The number of esters is 2. The van der Waals surface area contributed by atoms with E-state index in [9.17, 15) is 9.59 Å². The lowest BCUT2D eigenvalue weighted by atomic mass is 9.93. The van der Waals surface area contributed by atoms with Crippen molar-refractivity contribution >= 4 is 56.3 Å². The van der Waals surface area contributed by atoms with Crippen LogP contribution >= 0.6 is 0 Å². The summed E-state index contributed by atoms with van der Waals surface area (Å²) in [5.41, 5.74) is 23.3. The van der Waals surface area contributed by atoms with E-state index >= 15 is 0 Å². The van der Waals surface area contributed by atoms with Gasteiger partial charge in [0.25, 0.3) is 0 Å². The van der Waals surface area contributed by atoms with Gasteiger partial charge >= 0.3 is 11.9 Å². The Bertz CT molecular complexity index is 2740. The summed E-state index contributed by atoms with van der Waals surface area (Å²) in [6.07, 6.45) is 22.2. The molecule has 8 nitrogen and oxygen atoms in total. The van der Waals surface area contributed by atoms with Crippen molar-refractivity contribution in [3.8, 4) is 22.3 Å². The molecule has 0 spiro atoms. The van der Waals surface area contributed by atoms with Crippen molar-refractivity contribution in [1.29, 1.82) is 0 Å². The molecule has 0 fully saturated rings. The first kappa shape index (κ1) is 53.8. The van der Waals surface area contributed by atoms with E-state index in [1.54, 1.807) is 0 Å². The predicted molar refractivity (Wildman–Crippen MR) is 302 cm³/mol. The molecule has 2 N–H and O–H groups in total. The topological polar surface area (TPSA) is 110 Å². The van der Waals surface area contributed by atoms with E-state index in [0.717, 1.165) is 144 Å². The number of carbonyl (C=O) groups is 2. The lowest BCUT2D eigenvalue weighted by molar-refractivity contribution is 0.0592. The zero-order valence-corrected chi connectivity index (χ0v) is 45.4. The van der Waals surface area contributed by atoms with Crippen molar-refractivity contribution in [2.45, 2.75) is 184 Å². The minimum atomic E-state index is -0.354. The number of H-pyrrole nitrogens is 2. The molecule has 0 unspecified atom stereocenters. The van der Waals surface area contributed by atoms with Crippen LogP contribution in [0.5, 0.6) is 0 Å². The molecule has 2 aliphatic rings. The lowest BCUT2D eigenvalue weighted by Crippen LogP contribution is -2.00. The van der Waals surface area contributed by atoms with E-state index in [1.165, 1.54) is 110 Å². The molecule has 3 aromatic heterocycles. The predicted octanol–water partition coefficient (Wildman–Crippen LogP) is 17.9. The Balaban J connectivity index is 1.69. The molecule has 8 heteroatoms. The first-order chi connectivity index (χ1) is 35.0. The second-order valence-corrected chi connectivity index (χ2v) is 20.4. The van der Waals surface area contributed by atoms with Crippen molar-refractivity contribution in [2.75, 3.05) is 14.2 Å². The highest BCUT2D eigenvalue weighted by molar-refractivity contribution is 6.04. The minimum Gasteiger partial charge on any atom is -0.465 e. The number of nitrogens with one attached hydrogen (secondary N) is 2. The van der Waals surface area contributed by atoms with Gasteiger partial charge < -0.3 is 19.4 Å². The Morgan fingerprint density at radius 1 is 0.458 bits per heavy atom. The summed E-state index contributed by atoms with van der Waals surface area (Å²) in [5.74, 6) is -0.708. The number of aromatic nitrogens is 4. The van der Waals surface area contributed by atoms with Gasteiger partial charge in [-0.05, 0) is 171 Å². The second-order valence-electron chi connectivity index (χ2n) is 20.4. The molecular weight excluding hydrogens is 889 g/mol. The van der Waals surface area contributed by atoms with E-state index in [4.69, 9.17) is 19.4 Å². The molecule has 0 saturated carbocycles. The zero-order valence-electron chi connectivity index (χ0n) is 45.4. The van der Waals surface area contributed by atoms with Crippen LogP contribution in [0.1, 0.15) is 223 Å². The Morgan fingerprint density at radius 3 is 1.11 bits per heavy atom. The number of hydrogen-bond donors (Lipinski definition) is 2. The molecule has 2 aromatic carbocycles. The zero-order chi connectivity index (χ0) is 51.3. The van der Waals surface area contributed by atoms with Crippen molar-refractivity contribution < 1.29 is 19.1 Å². The molecule has 0 atom stereocenters. The monoisotopic (exact) mass is 971 g/mol. The molecule has 2 aliphatic heterocycles. The fourth-order valence-electron chi connectivity index (χ4n) is 11.0. The van der Waals surface area contributed by atoms with Crippen LogP contribution in [0.3, 0.4) is 0 Å². The van der Waals surface area contributed by atoms with Crippen LogP contribution in [0.4, 0.5) is 0 Å². The number of hydrogen-bond acceptors (Lipinski definition) is 6. The van der Waals surface area contributed by atoms with Crippen LogP contribution in [-0.4, -0.2) is 46.1 Å². The van der Waals surface area contributed by atoms with Gasteiger partial charge in [-0.3, -0.25) is 0 Å². The SMILES string of the molecule is CCCCCCC1=C(C)c2nc1cc1[nH]c(c(C)c1CCCCCC)c(-c1ccc(C(=O)OC)cc1)c1nc(cc3[nH]c(c(C)c3CCCCCC)c2-c2ccc(C(=O)OC)cc2)C(CCCCCC)=C1C. The Kier molecular flexibility index (Phi) is 19.1. The number of unbranched alkanes of at least 4 members (excludes halogenated alkanes) is 12. The van der Waals surface area contributed by atoms with Gasteiger partial charge in [0, 0.05) is 22.2 Å². The maximum Gasteiger partial charge on any atom is 0.337 e. The number of aryl methyl sites for hydroxylation is 4. The summed E-state index contributed by atoms with van der Waals surface area (Å²) < 4.78 is 10.3. The van der Waals surface area contributed by atoms with Crippen LogP contribution in [0, 0.1) is 13.8 Å². The average Bonchev–Trinajstić information content (AvgIpc) is 4.07. The third kappa shape index (κ3) is 11.9. The molecular formula is C64H82N4O4. The van der Waals surface area contributed by atoms with Gasteiger partial charge in [0.15, 0.2) is 0 Å². The van der Waals surface area contributed by atoms with Crippen molar-refractivity contribution in [1.82, 2.24) is 19.9 Å². The summed E-state index contributed by atoms with van der Waals surface area (Å²) in [5, 5.41) is 0. The fraction of sp³-hybridized carbons (Fsp3) is 0.469. The Morgan fingerprint density at radius 2 is 0.792 bits per heavy atom. The number of rotatable bonds is 24. The van der Waals surface area contributed by atoms with E-state index in [-0.39, 0.29) is 11.9 Å². The summed E-state index contributed by atoms with van der Waals surface area (Å²) in [7, 11) is 2.87. The standard InChI is InChI=1S/C64H82N4O4/c1-11-15-19-23-27-49-41(5)59-57(45-31-35-47(36-32-45)63(69)71-9)60-43(7)51(29-25-21-17-13-3)55(67-60)40-56-52(30-26-22-18-14-4)44(8)62(68-56)58(46-33-37-48(38-34-46)64(70)72-10)61-42(6)50(28-24-20-16-12-2)54(66-61)39-53(49)65-59/h31-40,65,68H,11-30H2,1-10H3. The number of nitrogens with zero attached hydrogens (tertiary/aromatic N) is 2. The van der Waals surface area contributed by atoms with E-state index < -0.39 is 0 Å². The van der Waals surface area contributed by atoms with E-state index in [1.807, 2.05) is 24.3 Å². The number of methoxy groups -OCH3 is 2. The number of carbonyl (C=O) groups excluding carboxylic acids is 2. The highest BCUT2D eigenvalue weighted by Gasteiger charge is 2.27. The Labute approximate surface area is 430 Å². The highest BCUT2D eigenvalue weighted by Crippen LogP contribution is 2.45. The minimum absolute atomic E-state index is 0.354. The lowest BCUT2D eigenvalue weighted by Gasteiger charge is -2.10. The molecule has 5 aromatic rings. The average molecular weight is 971 g/mol. The van der Waals surface area contributed by atoms with Crippen LogP contribution < -0.4 is 0 Å². The van der Waals surface area contributed by atoms with Gasteiger partial charge in [-0.1, -0.05) is 129 Å². The summed E-state index contributed by atoms with van der Waals surface area (Å²) in [6.45, 7) is 18.2. The molecule has 72 heavy (non-hydrogen) atoms. The van der Waals surface area contributed by atoms with Crippen LogP contribution in [0.15, 0.2) is 60.7 Å². The molecule has 7 rings (SSSR count). The number of allylic oxidation sites excluding steroid dienone is 4. The molecule has 0 saturated heterocycles. The largest absolute Gasteiger partial charge is 0.465 e. The molecule has 5 heterocycles. The van der Waals surface area contributed by atoms with Gasteiger partial charge in [-0.2, -0.15) is 0 Å². The Hall–Kier alpha value is -6.02. The molecule has 0 aliphatic carbocycles. The van der Waals surface area contributed by atoms with Gasteiger partial charge in [-0.25, -0.2) is 19.6 Å². The highest BCUT2D eigenvalue weighted by atomic mass is 16.5. The quantitative estimate of drug-likeness (QED) is 0.0471. The van der Waals surface area contributed by atoms with E-state index in [0.29, 0.717) is 11.1 Å². The van der Waals surface area contributed by atoms with Crippen molar-refractivity contribution in [3.05, 3.63) is 117 Å². The van der Waals surface area contributed by atoms with Crippen molar-refractivity contribution in [2.24, 2.45) is 0 Å². The first-order valence-electron chi connectivity index (χ1n) is 27.6. The van der Waals surface area contributed by atoms with Crippen LogP contribution in [-0.2, 0) is 22.3 Å². The maximum atomic E-state index is 12.8. The smallest absolute Gasteiger partial charge is 0.337 e. The fourth-order valence-corrected chi connectivity index (χ4v) is 11.0. The van der Waals surface area contributed by atoms with Crippen LogP contribution in [0.2, 0.25) is 0 Å². The van der Waals surface area contributed by atoms with Gasteiger partial charge in [0.2, 0.25) is 0 Å². The van der Waals surface area contributed by atoms with E-state index in [2.05, 4.69) is 102 Å². The van der Waals surface area contributed by atoms with Crippen LogP contribution in [0.25, 0.3) is 66.6 Å². The molecule has 0 amide bonds. The number of benzene rings is 2. The normalized spacial score (nSPS) is 12.6. The van der Waals surface area contributed by atoms with Crippen molar-refractivity contribution in [3.63, 3.8) is 0 Å². The number of ether oxygens (including phenoxy) is 2. The van der Waals surface area contributed by atoms with Gasteiger partial charge in [0.1, 0.15) is 0 Å². The third-order valence-corrected chi connectivity index (χ3v) is 15.4. The first-order valence-corrected chi connectivity index (χ1v) is 27.6. The maximum absolute atomic E-state index is 12.8. The van der Waals surface area contributed by atoms with Gasteiger partial charge in [-0.15, -0.1) is 0 Å². The molecule has 8 bridgehead atoms. The summed E-state index contributed by atoms with van der Waals surface area (Å²) >= 11 is 0. The third-order valence-electron chi connectivity index (χ3n) is 15.4. The number of fused-ring (bicyclic) bond motifs is 8. The molecule has 0 radical (unpaired) electrons. The molecule has 382 valence electrons.